The van der Waals surface area contributed by atoms with E-state index >= 15 is 0 Å². The summed E-state index contributed by atoms with van der Waals surface area (Å²) in [5.41, 5.74) is 1.70. The van der Waals surface area contributed by atoms with E-state index in [4.69, 9.17) is 4.74 Å². The molecular weight excluding hydrogens is 455 g/mol. The summed E-state index contributed by atoms with van der Waals surface area (Å²) in [4.78, 5) is 26.0. The highest BCUT2D eigenvalue weighted by Gasteiger charge is 2.19. The van der Waals surface area contributed by atoms with E-state index in [1.54, 1.807) is 28.2 Å². The number of nitrogens with zero attached hydrogens (tertiary/aromatic N) is 4. The first kappa shape index (κ1) is 21.8. The fraction of sp³-hybridized carbons (Fsp3) is 0.120. The van der Waals surface area contributed by atoms with E-state index in [1.165, 1.54) is 36.0 Å². The Labute approximate surface area is 197 Å². The van der Waals surface area contributed by atoms with E-state index < -0.39 is 5.82 Å². The van der Waals surface area contributed by atoms with Crippen molar-refractivity contribution in [1.82, 2.24) is 19.2 Å². The Morgan fingerprint density at radius 3 is 2.53 bits per heavy atom. The lowest BCUT2D eigenvalue weighted by Crippen LogP contribution is -2.24. The molecule has 3 aromatic carbocycles. The molecule has 0 saturated heterocycles. The van der Waals surface area contributed by atoms with Crippen molar-refractivity contribution >= 4 is 34.2 Å². The van der Waals surface area contributed by atoms with Gasteiger partial charge in [0, 0.05) is 11.1 Å². The third kappa shape index (κ3) is 3.94. The third-order valence-electron chi connectivity index (χ3n) is 5.50. The zero-order chi connectivity index (χ0) is 23.7. The van der Waals surface area contributed by atoms with Gasteiger partial charge in [0.05, 0.1) is 30.3 Å². The number of ether oxygens (including phenoxy) is 1. The molecule has 0 saturated carbocycles. The topological polar surface area (TPSA) is 78.5 Å². The van der Waals surface area contributed by atoms with Crippen LogP contribution >= 0.6 is 11.8 Å². The van der Waals surface area contributed by atoms with Crippen molar-refractivity contribution in [3.05, 3.63) is 100 Å². The molecule has 5 aromatic rings. The summed E-state index contributed by atoms with van der Waals surface area (Å²) in [6.07, 6.45) is 0. The van der Waals surface area contributed by atoms with Crippen molar-refractivity contribution in [3.63, 3.8) is 0 Å². The molecule has 0 radical (unpaired) electrons. The SMILES string of the molecule is COc1ccccc1Cn1c(=O)c2ccccc2n2c(SCC(=O)c3ccc(F)cc3)nnc12. The highest BCUT2D eigenvalue weighted by molar-refractivity contribution is 7.99. The molecule has 2 aromatic heterocycles. The van der Waals surface area contributed by atoms with Crippen LogP contribution in [0.25, 0.3) is 16.7 Å². The Morgan fingerprint density at radius 1 is 1.00 bits per heavy atom. The van der Waals surface area contributed by atoms with Gasteiger partial charge in [0.25, 0.3) is 5.56 Å². The molecule has 5 rings (SSSR count). The van der Waals surface area contributed by atoms with Gasteiger partial charge in [-0.3, -0.25) is 18.6 Å². The number of fused-ring (bicyclic) bond motifs is 3. The van der Waals surface area contributed by atoms with E-state index in [0.717, 1.165) is 5.56 Å². The maximum atomic E-state index is 13.4. The Hall–Kier alpha value is -3.98. The van der Waals surface area contributed by atoms with Crippen molar-refractivity contribution in [2.75, 3.05) is 12.9 Å². The van der Waals surface area contributed by atoms with Crippen LogP contribution in [0.5, 0.6) is 5.75 Å². The molecule has 0 aliphatic carbocycles. The number of ketones is 1. The summed E-state index contributed by atoms with van der Waals surface area (Å²) in [5, 5.41) is 9.57. The Balaban J connectivity index is 1.58. The minimum atomic E-state index is -0.396. The van der Waals surface area contributed by atoms with Crippen LogP contribution in [0.2, 0.25) is 0 Å². The number of thioether (sulfide) groups is 1. The lowest BCUT2D eigenvalue weighted by molar-refractivity contribution is 0.102. The van der Waals surface area contributed by atoms with Crippen molar-refractivity contribution in [1.29, 1.82) is 0 Å². The molecule has 0 aliphatic heterocycles. The van der Waals surface area contributed by atoms with Crippen molar-refractivity contribution in [2.45, 2.75) is 11.7 Å². The van der Waals surface area contributed by atoms with Gasteiger partial charge in [-0.15, -0.1) is 10.2 Å². The molecule has 0 atom stereocenters. The predicted octanol–water partition coefficient (Wildman–Crippen LogP) is 4.22. The van der Waals surface area contributed by atoms with Gasteiger partial charge in [-0.25, -0.2) is 4.39 Å². The van der Waals surface area contributed by atoms with Crippen LogP contribution in [-0.4, -0.2) is 37.8 Å². The van der Waals surface area contributed by atoms with Gasteiger partial charge in [-0.1, -0.05) is 42.1 Å². The van der Waals surface area contributed by atoms with Gasteiger partial charge in [0.1, 0.15) is 11.6 Å². The highest BCUT2D eigenvalue weighted by Crippen LogP contribution is 2.24. The van der Waals surface area contributed by atoms with Crippen LogP contribution in [0.1, 0.15) is 15.9 Å². The van der Waals surface area contributed by atoms with Crippen LogP contribution in [0.15, 0.2) is 82.7 Å². The summed E-state index contributed by atoms with van der Waals surface area (Å²) in [6.45, 7) is 0.245. The van der Waals surface area contributed by atoms with Crippen molar-refractivity contribution < 1.29 is 13.9 Å². The Bertz CT molecular complexity index is 1580. The second kappa shape index (κ2) is 9.11. The van der Waals surface area contributed by atoms with Gasteiger partial charge >= 0.3 is 0 Å². The van der Waals surface area contributed by atoms with Crippen molar-refractivity contribution in [3.8, 4) is 5.75 Å². The number of benzene rings is 3. The van der Waals surface area contributed by atoms with Gasteiger partial charge in [-0.2, -0.15) is 0 Å². The standard InChI is InChI=1S/C25H19FN4O3S/c1-33-22-9-5-2-6-17(22)14-29-23(32)19-7-3-4-8-20(19)30-24(29)27-28-25(30)34-15-21(31)16-10-12-18(26)13-11-16/h2-13H,14-15H2,1H3. The average molecular weight is 475 g/mol. The number of aromatic nitrogens is 4. The van der Waals surface area contributed by atoms with E-state index in [-0.39, 0.29) is 23.6 Å². The maximum Gasteiger partial charge on any atom is 0.263 e. The normalized spacial score (nSPS) is 11.2. The highest BCUT2D eigenvalue weighted by atomic mass is 32.2. The summed E-state index contributed by atoms with van der Waals surface area (Å²) in [7, 11) is 1.58. The number of carbonyl (C=O) groups excluding carboxylic acids is 1. The van der Waals surface area contributed by atoms with E-state index in [2.05, 4.69) is 10.2 Å². The van der Waals surface area contributed by atoms with Crippen LogP contribution in [0, 0.1) is 5.82 Å². The molecule has 7 nitrogen and oxygen atoms in total. The van der Waals surface area contributed by atoms with Crippen LogP contribution in [0.3, 0.4) is 0 Å². The predicted molar refractivity (Wildman–Crippen MR) is 128 cm³/mol. The molecule has 0 amide bonds. The number of carbonyl (C=O) groups is 1. The number of hydrogen-bond donors (Lipinski definition) is 0. The van der Waals surface area contributed by atoms with E-state index in [0.29, 0.717) is 33.1 Å². The summed E-state index contributed by atoms with van der Waals surface area (Å²) in [6, 6.07) is 20.1. The number of hydrogen-bond acceptors (Lipinski definition) is 6. The molecule has 0 fully saturated rings. The lowest BCUT2D eigenvalue weighted by Gasteiger charge is -2.13. The van der Waals surface area contributed by atoms with Gasteiger partial charge in [0.15, 0.2) is 10.9 Å². The summed E-state index contributed by atoms with van der Waals surface area (Å²) >= 11 is 1.21. The monoisotopic (exact) mass is 474 g/mol. The Kier molecular flexibility index (Phi) is 5.85. The van der Waals surface area contributed by atoms with E-state index in [9.17, 15) is 14.0 Å². The molecule has 2 heterocycles. The van der Waals surface area contributed by atoms with Crippen molar-refractivity contribution in [2.24, 2.45) is 0 Å². The number of methoxy groups -OCH3 is 1. The minimum absolute atomic E-state index is 0.0897. The van der Waals surface area contributed by atoms with Crippen LogP contribution in [0.4, 0.5) is 4.39 Å². The second-order valence-corrected chi connectivity index (χ2v) is 8.50. The molecule has 0 bridgehead atoms. The van der Waals surface area contributed by atoms with Gasteiger partial charge < -0.3 is 4.74 Å². The summed E-state index contributed by atoms with van der Waals surface area (Å²) in [5.74, 6) is 0.568. The molecule has 170 valence electrons. The van der Waals surface area contributed by atoms with Crippen LogP contribution < -0.4 is 10.3 Å². The first-order valence-corrected chi connectivity index (χ1v) is 11.5. The largest absolute Gasteiger partial charge is 0.496 e. The number of para-hydroxylation sites is 2. The second-order valence-electron chi connectivity index (χ2n) is 7.56. The maximum absolute atomic E-state index is 13.4. The fourth-order valence-electron chi connectivity index (χ4n) is 3.82. The Morgan fingerprint density at radius 2 is 1.74 bits per heavy atom. The molecule has 0 unspecified atom stereocenters. The van der Waals surface area contributed by atoms with Gasteiger partial charge in [0.2, 0.25) is 5.78 Å². The molecule has 0 spiro atoms. The zero-order valence-corrected chi connectivity index (χ0v) is 19.0. The molecule has 0 N–H and O–H groups in total. The third-order valence-corrected chi connectivity index (χ3v) is 6.43. The minimum Gasteiger partial charge on any atom is -0.496 e. The first-order chi connectivity index (χ1) is 16.6. The van der Waals surface area contributed by atoms with E-state index in [1.807, 2.05) is 36.4 Å². The number of rotatable bonds is 7. The average Bonchev–Trinajstić information content (AvgIpc) is 3.29. The van der Waals surface area contributed by atoms with Gasteiger partial charge in [-0.05, 0) is 42.5 Å². The number of halogens is 1. The number of Topliss-reactive ketones (excluding diaryl/α,β-unsaturated/α-hetero) is 1. The summed E-state index contributed by atoms with van der Waals surface area (Å²) < 4.78 is 22.0. The smallest absolute Gasteiger partial charge is 0.263 e. The molecule has 9 heteroatoms. The first-order valence-electron chi connectivity index (χ1n) is 10.5. The fourth-order valence-corrected chi connectivity index (χ4v) is 4.66. The molecular formula is C25H19FN4O3S. The quantitative estimate of drug-likeness (QED) is 0.260. The molecule has 0 aliphatic rings. The molecule has 34 heavy (non-hydrogen) atoms. The zero-order valence-electron chi connectivity index (χ0n) is 18.1. The lowest BCUT2D eigenvalue weighted by atomic mass is 10.1. The van der Waals surface area contributed by atoms with Crippen LogP contribution in [-0.2, 0) is 6.54 Å².